The van der Waals surface area contributed by atoms with Crippen molar-refractivity contribution < 1.29 is 9.59 Å². The Morgan fingerprint density at radius 2 is 1.93 bits per heavy atom. The molecule has 6 rings (SSSR count). The first kappa shape index (κ1) is 17.1. The topological polar surface area (TPSA) is 65.5 Å². The number of rotatable bonds is 3. The van der Waals surface area contributed by atoms with Gasteiger partial charge in [-0.05, 0) is 50.8 Å². The number of likely N-dealkylation sites (tertiary alicyclic amines) is 1. The number of fused-ring (bicyclic) bond motifs is 4. The van der Waals surface area contributed by atoms with E-state index in [9.17, 15) is 9.59 Å². The van der Waals surface area contributed by atoms with Crippen LogP contribution in [0.2, 0.25) is 0 Å². The lowest BCUT2D eigenvalue weighted by Gasteiger charge is -2.44. The van der Waals surface area contributed by atoms with Gasteiger partial charge in [0.05, 0.1) is 10.3 Å². The predicted molar refractivity (Wildman–Crippen MR) is 105 cm³/mol. The van der Waals surface area contributed by atoms with Crippen molar-refractivity contribution in [1.29, 1.82) is 0 Å². The van der Waals surface area contributed by atoms with Crippen molar-refractivity contribution in [2.45, 2.75) is 31.7 Å². The Balaban J connectivity index is 1.38. The highest BCUT2D eigenvalue weighted by Gasteiger charge is 2.35. The van der Waals surface area contributed by atoms with Gasteiger partial charge in [0.15, 0.2) is 0 Å². The van der Waals surface area contributed by atoms with E-state index >= 15 is 0 Å². The van der Waals surface area contributed by atoms with E-state index in [0.29, 0.717) is 17.2 Å². The van der Waals surface area contributed by atoms with Gasteiger partial charge in [-0.15, -0.1) is 11.3 Å². The van der Waals surface area contributed by atoms with Crippen LogP contribution in [0.1, 0.15) is 46.5 Å². The van der Waals surface area contributed by atoms with Crippen molar-refractivity contribution >= 4 is 33.2 Å². The highest BCUT2D eigenvalue weighted by molar-refractivity contribution is 7.17. The van der Waals surface area contributed by atoms with E-state index in [0.717, 1.165) is 68.5 Å². The molecule has 4 fully saturated rings. The molecule has 0 aromatic carbocycles. The molecule has 0 aliphatic carbocycles. The highest BCUT2D eigenvalue weighted by atomic mass is 32.1. The van der Waals surface area contributed by atoms with Crippen LogP contribution in [0.15, 0.2) is 17.6 Å². The van der Waals surface area contributed by atoms with Gasteiger partial charge < -0.3 is 15.1 Å². The molecule has 2 amide bonds. The fraction of sp³-hybridized carbons (Fsp3) is 0.550. The summed E-state index contributed by atoms with van der Waals surface area (Å²) in [4.78, 5) is 34.3. The zero-order chi connectivity index (χ0) is 18.4. The van der Waals surface area contributed by atoms with Crippen molar-refractivity contribution in [3.63, 3.8) is 0 Å². The van der Waals surface area contributed by atoms with Gasteiger partial charge in [0.2, 0.25) is 0 Å². The molecule has 142 valence electrons. The van der Waals surface area contributed by atoms with Crippen molar-refractivity contribution in [1.82, 2.24) is 20.1 Å². The fourth-order valence-electron chi connectivity index (χ4n) is 4.68. The smallest absolute Gasteiger partial charge is 0.270 e. The Morgan fingerprint density at radius 3 is 2.63 bits per heavy atom. The van der Waals surface area contributed by atoms with Gasteiger partial charge in [-0.1, -0.05) is 0 Å². The second-order valence-electron chi connectivity index (χ2n) is 7.93. The van der Waals surface area contributed by atoms with E-state index < -0.39 is 0 Å². The van der Waals surface area contributed by atoms with Gasteiger partial charge in [-0.25, -0.2) is 4.98 Å². The van der Waals surface area contributed by atoms with Gasteiger partial charge in [0, 0.05) is 42.6 Å². The lowest BCUT2D eigenvalue weighted by atomic mass is 9.84. The van der Waals surface area contributed by atoms with E-state index in [1.54, 1.807) is 12.3 Å². The minimum absolute atomic E-state index is 0.0775. The van der Waals surface area contributed by atoms with Gasteiger partial charge in [-0.2, -0.15) is 0 Å². The second-order valence-corrected chi connectivity index (χ2v) is 8.84. The molecule has 4 aliphatic heterocycles. The maximum atomic E-state index is 12.8. The Bertz CT molecular complexity index is 881. The van der Waals surface area contributed by atoms with Crippen LogP contribution in [0.3, 0.4) is 0 Å². The molecule has 7 heteroatoms. The lowest BCUT2D eigenvalue weighted by Crippen LogP contribution is -2.57. The Labute approximate surface area is 162 Å². The predicted octanol–water partition coefficient (Wildman–Crippen LogP) is 2.36. The van der Waals surface area contributed by atoms with Crippen molar-refractivity contribution in [3.05, 3.63) is 28.9 Å². The Morgan fingerprint density at radius 1 is 1.15 bits per heavy atom. The molecule has 2 aromatic rings. The SMILES string of the molecule is O=C(N[C@H]1CN2CCC1CC2)c1cc2c(C(=O)N3CCCC3)csc2cn1. The number of hydrogen-bond donors (Lipinski definition) is 1. The molecular formula is C20H24N4O2S. The summed E-state index contributed by atoms with van der Waals surface area (Å²) in [5, 5.41) is 5.95. The van der Waals surface area contributed by atoms with Crippen molar-refractivity contribution in [3.8, 4) is 0 Å². The zero-order valence-corrected chi connectivity index (χ0v) is 16.1. The van der Waals surface area contributed by atoms with Crippen LogP contribution >= 0.6 is 11.3 Å². The summed E-state index contributed by atoms with van der Waals surface area (Å²) in [7, 11) is 0. The summed E-state index contributed by atoms with van der Waals surface area (Å²) in [6, 6.07) is 2.01. The quantitative estimate of drug-likeness (QED) is 0.882. The van der Waals surface area contributed by atoms with Crippen LogP contribution in [0.5, 0.6) is 0 Å². The molecular weight excluding hydrogens is 360 g/mol. The first-order valence-electron chi connectivity index (χ1n) is 9.89. The number of pyridine rings is 1. The van der Waals surface area contributed by atoms with Crippen LogP contribution in [-0.2, 0) is 0 Å². The fourth-order valence-corrected chi connectivity index (χ4v) is 5.57. The van der Waals surface area contributed by atoms with Crippen molar-refractivity contribution in [2.75, 3.05) is 32.7 Å². The normalized spacial score (nSPS) is 27.3. The number of piperidine rings is 3. The average molecular weight is 385 g/mol. The summed E-state index contributed by atoms with van der Waals surface area (Å²) in [6.07, 6.45) is 6.20. The molecule has 27 heavy (non-hydrogen) atoms. The van der Waals surface area contributed by atoms with E-state index in [4.69, 9.17) is 0 Å². The second kappa shape index (κ2) is 6.87. The first-order chi connectivity index (χ1) is 13.2. The van der Waals surface area contributed by atoms with E-state index in [1.807, 2.05) is 10.3 Å². The summed E-state index contributed by atoms with van der Waals surface area (Å²) < 4.78 is 0.955. The Hall–Kier alpha value is -1.99. The largest absolute Gasteiger partial charge is 0.346 e. The molecule has 6 heterocycles. The third kappa shape index (κ3) is 3.12. The minimum Gasteiger partial charge on any atom is -0.346 e. The molecule has 6 nitrogen and oxygen atoms in total. The van der Waals surface area contributed by atoms with E-state index in [-0.39, 0.29) is 17.9 Å². The molecule has 1 atom stereocenters. The number of carbonyl (C=O) groups is 2. The third-order valence-corrected chi connectivity index (χ3v) is 7.22. The lowest BCUT2D eigenvalue weighted by molar-refractivity contribution is 0.0617. The number of thiophene rings is 1. The molecule has 0 radical (unpaired) electrons. The summed E-state index contributed by atoms with van der Waals surface area (Å²) in [5.41, 5.74) is 1.11. The number of aromatic nitrogens is 1. The summed E-state index contributed by atoms with van der Waals surface area (Å²) in [6.45, 7) is 4.90. The Kier molecular flexibility index (Phi) is 4.36. The maximum Gasteiger partial charge on any atom is 0.270 e. The van der Waals surface area contributed by atoms with Gasteiger partial charge >= 0.3 is 0 Å². The number of nitrogens with zero attached hydrogens (tertiary/aromatic N) is 3. The van der Waals surface area contributed by atoms with Gasteiger partial charge in [0.1, 0.15) is 5.69 Å². The summed E-state index contributed by atoms with van der Waals surface area (Å²) in [5.74, 6) is 0.534. The van der Waals surface area contributed by atoms with Crippen LogP contribution in [-0.4, -0.2) is 65.4 Å². The molecule has 0 spiro atoms. The monoisotopic (exact) mass is 384 g/mol. The van der Waals surface area contributed by atoms with Crippen LogP contribution in [0.25, 0.3) is 10.1 Å². The average Bonchev–Trinajstić information content (AvgIpc) is 3.38. The van der Waals surface area contributed by atoms with Gasteiger partial charge in [0.25, 0.3) is 11.8 Å². The number of hydrogen-bond acceptors (Lipinski definition) is 5. The number of nitrogens with one attached hydrogen (secondary N) is 1. The third-order valence-electron chi connectivity index (χ3n) is 6.29. The molecule has 4 saturated heterocycles. The molecule has 1 N–H and O–H groups in total. The first-order valence-corrected chi connectivity index (χ1v) is 10.8. The standard InChI is InChI=1S/C20H24N4O2S/c25-19(22-17-11-23-7-3-13(17)4-8-23)16-9-14-15(12-27-18(14)10-21-16)20(26)24-5-1-2-6-24/h9-10,12-13,17H,1-8,11H2,(H,22,25)/t17-/m0/s1. The molecule has 0 unspecified atom stereocenters. The minimum atomic E-state index is -0.124. The zero-order valence-electron chi connectivity index (χ0n) is 15.3. The molecule has 0 saturated carbocycles. The summed E-state index contributed by atoms with van der Waals surface area (Å²) >= 11 is 1.52. The molecule has 4 aliphatic rings. The van der Waals surface area contributed by atoms with Crippen molar-refractivity contribution in [2.24, 2.45) is 5.92 Å². The van der Waals surface area contributed by atoms with E-state index in [2.05, 4.69) is 15.2 Å². The maximum absolute atomic E-state index is 12.8. The van der Waals surface area contributed by atoms with Crippen LogP contribution < -0.4 is 5.32 Å². The van der Waals surface area contributed by atoms with Crippen LogP contribution in [0.4, 0.5) is 0 Å². The molecule has 2 aromatic heterocycles. The number of carbonyl (C=O) groups excluding carboxylic acids is 2. The van der Waals surface area contributed by atoms with E-state index in [1.165, 1.54) is 11.3 Å². The van der Waals surface area contributed by atoms with Crippen LogP contribution in [0, 0.1) is 5.92 Å². The number of amides is 2. The van der Waals surface area contributed by atoms with Gasteiger partial charge in [-0.3, -0.25) is 9.59 Å². The molecule has 2 bridgehead atoms. The highest BCUT2D eigenvalue weighted by Crippen LogP contribution is 2.29.